The van der Waals surface area contributed by atoms with Gasteiger partial charge in [-0.25, -0.2) is 4.98 Å². The Bertz CT molecular complexity index is 589. The zero-order chi connectivity index (χ0) is 12.9. The Morgan fingerprint density at radius 3 is 2.89 bits per heavy atom. The second kappa shape index (κ2) is 4.43. The molecule has 18 heavy (non-hydrogen) atoms. The lowest BCUT2D eigenvalue weighted by molar-refractivity contribution is 0.624. The van der Waals surface area contributed by atoms with Gasteiger partial charge in [-0.3, -0.25) is 0 Å². The van der Waals surface area contributed by atoms with E-state index in [1.807, 2.05) is 19.1 Å². The predicted molar refractivity (Wildman–Crippen MR) is 76.4 cm³/mol. The summed E-state index contributed by atoms with van der Waals surface area (Å²) in [7, 11) is 0. The van der Waals surface area contributed by atoms with E-state index in [2.05, 4.69) is 22.5 Å². The molecule has 2 nitrogen and oxygen atoms in total. The number of nitrogens with zero attached hydrogens (tertiary/aromatic N) is 2. The summed E-state index contributed by atoms with van der Waals surface area (Å²) >= 11 is 12.3. The van der Waals surface area contributed by atoms with E-state index >= 15 is 0 Å². The number of fused-ring (bicyclic) bond motifs is 1. The van der Waals surface area contributed by atoms with Crippen molar-refractivity contribution >= 4 is 34.2 Å². The number of hydrogen-bond donors (Lipinski definition) is 0. The van der Waals surface area contributed by atoms with E-state index in [4.69, 9.17) is 23.2 Å². The average Bonchev–Trinajstić information content (AvgIpc) is 3.01. The van der Waals surface area contributed by atoms with Crippen LogP contribution < -0.4 is 0 Å². The standard InChI is InChI=1S/C14H16Cl2N2/c1-3-9-6-13(9)18-12-5-4-10(16)7-11(12)17-14(18)8(2)15/h4-5,7-9,13H,3,6H2,1-2H3. The maximum Gasteiger partial charge on any atom is 0.127 e. The largest absolute Gasteiger partial charge is 0.323 e. The van der Waals surface area contributed by atoms with Gasteiger partial charge in [0.05, 0.1) is 16.4 Å². The molecule has 3 unspecified atom stereocenters. The van der Waals surface area contributed by atoms with Crippen LogP contribution in [0.1, 0.15) is 43.9 Å². The molecule has 4 heteroatoms. The third kappa shape index (κ3) is 1.92. The van der Waals surface area contributed by atoms with E-state index in [9.17, 15) is 0 Å². The molecule has 0 aliphatic heterocycles. The van der Waals surface area contributed by atoms with E-state index < -0.39 is 0 Å². The van der Waals surface area contributed by atoms with Crippen LogP contribution in [0.25, 0.3) is 11.0 Å². The minimum absolute atomic E-state index is 0.0747. The highest BCUT2D eigenvalue weighted by atomic mass is 35.5. The summed E-state index contributed by atoms with van der Waals surface area (Å²) in [5.41, 5.74) is 2.11. The smallest absolute Gasteiger partial charge is 0.127 e. The van der Waals surface area contributed by atoms with Gasteiger partial charge in [-0.2, -0.15) is 0 Å². The molecule has 0 amide bonds. The molecule has 96 valence electrons. The first-order valence-corrected chi connectivity index (χ1v) is 7.24. The Morgan fingerprint density at radius 2 is 2.28 bits per heavy atom. The Labute approximate surface area is 117 Å². The van der Waals surface area contributed by atoms with Gasteiger partial charge in [-0.15, -0.1) is 11.6 Å². The van der Waals surface area contributed by atoms with E-state index in [0.29, 0.717) is 6.04 Å². The molecule has 0 N–H and O–H groups in total. The first kappa shape index (κ1) is 12.3. The molecule has 3 rings (SSSR count). The molecule has 0 radical (unpaired) electrons. The lowest BCUT2D eigenvalue weighted by Crippen LogP contribution is -2.03. The summed E-state index contributed by atoms with van der Waals surface area (Å²) in [6, 6.07) is 6.46. The summed E-state index contributed by atoms with van der Waals surface area (Å²) < 4.78 is 2.32. The Balaban J connectivity index is 2.17. The Morgan fingerprint density at radius 1 is 1.50 bits per heavy atom. The molecule has 0 saturated heterocycles. The number of benzene rings is 1. The van der Waals surface area contributed by atoms with Crippen LogP contribution in [-0.4, -0.2) is 9.55 Å². The van der Waals surface area contributed by atoms with Crippen molar-refractivity contribution in [1.29, 1.82) is 0 Å². The molecule has 3 atom stereocenters. The number of imidazole rings is 1. The summed E-state index contributed by atoms with van der Waals surface area (Å²) in [5, 5.41) is 0.651. The van der Waals surface area contributed by atoms with Crippen LogP contribution in [0.2, 0.25) is 5.02 Å². The van der Waals surface area contributed by atoms with Crippen molar-refractivity contribution in [2.45, 2.75) is 38.1 Å². The van der Waals surface area contributed by atoms with Crippen LogP contribution in [-0.2, 0) is 0 Å². The van der Waals surface area contributed by atoms with Gasteiger partial charge >= 0.3 is 0 Å². The number of aromatic nitrogens is 2. The quantitative estimate of drug-likeness (QED) is 0.728. The van der Waals surface area contributed by atoms with Crippen LogP contribution in [0.3, 0.4) is 0 Å². The number of rotatable bonds is 3. The minimum atomic E-state index is -0.0747. The predicted octanol–water partition coefficient (Wildman–Crippen LogP) is 4.96. The molecule has 1 aromatic carbocycles. The van der Waals surface area contributed by atoms with Gasteiger partial charge in [0, 0.05) is 11.1 Å². The van der Waals surface area contributed by atoms with Crippen molar-refractivity contribution in [3.63, 3.8) is 0 Å². The van der Waals surface area contributed by atoms with E-state index in [0.717, 1.165) is 27.8 Å². The third-order valence-corrected chi connectivity index (χ3v) is 4.21. The molecular weight excluding hydrogens is 267 g/mol. The van der Waals surface area contributed by atoms with E-state index in [1.54, 1.807) is 0 Å². The van der Waals surface area contributed by atoms with Crippen molar-refractivity contribution in [2.75, 3.05) is 0 Å². The lowest BCUT2D eigenvalue weighted by Gasteiger charge is -2.10. The first-order valence-electron chi connectivity index (χ1n) is 6.43. The van der Waals surface area contributed by atoms with Gasteiger partial charge in [0.1, 0.15) is 5.82 Å². The Hall–Kier alpha value is -0.730. The molecule has 1 aliphatic carbocycles. The molecule has 0 bridgehead atoms. The fraction of sp³-hybridized carbons (Fsp3) is 0.500. The lowest BCUT2D eigenvalue weighted by atomic mass is 10.3. The number of halogens is 2. The molecule has 0 spiro atoms. The molecule has 1 aliphatic rings. The van der Waals surface area contributed by atoms with Gasteiger partial charge in [0.25, 0.3) is 0 Å². The summed E-state index contributed by atoms with van der Waals surface area (Å²) in [6.07, 6.45) is 2.45. The summed E-state index contributed by atoms with van der Waals surface area (Å²) in [5.74, 6) is 1.74. The van der Waals surface area contributed by atoms with Gasteiger partial charge in [-0.05, 0) is 37.5 Å². The second-order valence-electron chi connectivity index (χ2n) is 5.06. The van der Waals surface area contributed by atoms with Crippen molar-refractivity contribution < 1.29 is 0 Å². The van der Waals surface area contributed by atoms with Crippen molar-refractivity contribution in [2.24, 2.45) is 5.92 Å². The van der Waals surface area contributed by atoms with Gasteiger partial charge in [0.2, 0.25) is 0 Å². The third-order valence-electron chi connectivity index (χ3n) is 3.78. The van der Waals surface area contributed by atoms with Crippen molar-refractivity contribution in [3.05, 3.63) is 29.0 Å². The highest BCUT2D eigenvalue weighted by Crippen LogP contribution is 2.48. The van der Waals surface area contributed by atoms with Crippen molar-refractivity contribution in [3.8, 4) is 0 Å². The highest BCUT2D eigenvalue weighted by Gasteiger charge is 2.39. The monoisotopic (exact) mass is 282 g/mol. The van der Waals surface area contributed by atoms with Crippen LogP contribution in [0.5, 0.6) is 0 Å². The topological polar surface area (TPSA) is 17.8 Å². The van der Waals surface area contributed by atoms with E-state index in [1.165, 1.54) is 12.8 Å². The van der Waals surface area contributed by atoms with E-state index in [-0.39, 0.29) is 5.38 Å². The maximum absolute atomic E-state index is 6.27. The summed E-state index contributed by atoms with van der Waals surface area (Å²) in [6.45, 7) is 4.22. The average molecular weight is 283 g/mol. The number of alkyl halides is 1. The molecule has 1 fully saturated rings. The summed E-state index contributed by atoms with van der Waals surface area (Å²) in [4.78, 5) is 4.65. The van der Waals surface area contributed by atoms with Gasteiger partial charge < -0.3 is 4.57 Å². The molecular formula is C14H16Cl2N2. The zero-order valence-electron chi connectivity index (χ0n) is 10.5. The van der Waals surface area contributed by atoms with Gasteiger partial charge in [-0.1, -0.05) is 24.9 Å². The van der Waals surface area contributed by atoms with Gasteiger partial charge in [0.15, 0.2) is 0 Å². The van der Waals surface area contributed by atoms with Crippen LogP contribution in [0.15, 0.2) is 18.2 Å². The second-order valence-corrected chi connectivity index (χ2v) is 6.15. The van der Waals surface area contributed by atoms with Crippen LogP contribution in [0, 0.1) is 5.92 Å². The van der Waals surface area contributed by atoms with Crippen LogP contribution in [0.4, 0.5) is 0 Å². The molecule has 2 aromatic rings. The normalized spacial score (nSPS) is 24.4. The molecule has 1 aromatic heterocycles. The molecule has 1 saturated carbocycles. The minimum Gasteiger partial charge on any atom is -0.323 e. The fourth-order valence-electron chi connectivity index (χ4n) is 2.71. The van der Waals surface area contributed by atoms with Crippen molar-refractivity contribution in [1.82, 2.24) is 9.55 Å². The Kier molecular flexibility index (Phi) is 3.03. The first-order chi connectivity index (χ1) is 8.61. The molecule has 1 heterocycles. The highest BCUT2D eigenvalue weighted by molar-refractivity contribution is 6.31. The zero-order valence-corrected chi connectivity index (χ0v) is 12.0. The maximum atomic E-state index is 6.27. The number of hydrogen-bond acceptors (Lipinski definition) is 1. The fourth-order valence-corrected chi connectivity index (χ4v) is 3.03. The SMILES string of the molecule is CCC1CC1n1c(C(C)Cl)nc2cc(Cl)ccc21. The van der Waals surface area contributed by atoms with Crippen LogP contribution >= 0.6 is 23.2 Å².